The van der Waals surface area contributed by atoms with Gasteiger partial charge >= 0.3 is 0 Å². The molecule has 0 fully saturated rings. The van der Waals surface area contributed by atoms with Gasteiger partial charge in [-0.1, -0.05) is 24.3 Å². The summed E-state index contributed by atoms with van der Waals surface area (Å²) in [5.74, 6) is 1.80. The summed E-state index contributed by atoms with van der Waals surface area (Å²) < 4.78 is 13.4. The van der Waals surface area contributed by atoms with Crippen LogP contribution in [0.25, 0.3) is 54.2 Å². The molecule has 4 heterocycles. The van der Waals surface area contributed by atoms with Gasteiger partial charge in [0, 0.05) is 32.7 Å². The number of rotatable bonds is 1. The Morgan fingerprint density at radius 2 is 1.59 bits per heavy atom. The van der Waals surface area contributed by atoms with Crippen molar-refractivity contribution in [1.82, 2.24) is 4.98 Å². The number of hydrogen-bond donors (Lipinski definition) is 0. The first-order valence-corrected chi connectivity index (χ1v) is 10.5. The van der Waals surface area contributed by atoms with Crippen LogP contribution in [0, 0.1) is 27.7 Å². The Bertz CT molecular complexity index is 1600. The van der Waals surface area contributed by atoms with Crippen LogP contribution in [0.2, 0.25) is 0 Å². The van der Waals surface area contributed by atoms with Gasteiger partial charge in [-0.25, -0.2) is 4.98 Å². The summed E-state index contributed by atoms with van der Waals surface area (Å²) >= 11 is 1.79. The van der Waals surface area contributed by atoms with Crippen molar-refractivity contribution < 1.29 is 8.83 Å². The van der Waals surface area contributed by atoms with Crippen molar-refractivity contribution in [2.45, 2.75) is 27.7 Å². The fourth-order valence-electron chi connectivity index (χ4n) is 4.36. The summed E-state index contributed by atoms with van der Waals surface area (Å²) in [7, 11) is 0. The maximum absolute atomic E-state index is 6.13. The predicted octanol–water partition coefficient (Wildman–Crippen LogP) is 7.84. The molecule has 0 amide bonds. The van der Waals surface area contributed by atoms with Gasteiger partial charge in [0.05, 0.1) is 10.4 Å². The van der Waals surface area contributed by atoms with Gasteiger partial charge in [-0.15, -0.1) is 11.3 Å². The summed E-state index contributed by atoms with van der Waals surface area (Å²) in [6, 6.07) is 14.8. The van der Waals surface area contributed by atoms with E-state index in [0.717, 1.165) is 55.6 Å². The van der Waals surface area contributed by atoms with Gasteiger partial charge in [0.15, 0.2) is 5.58 Å². The number of fused-ring (bicyclic) bond motifs is 6. The maximum atomic E-state index is 6.13. The minimum atomic E-state index is 0.886. The van der Waals surface area contributed by atoms with E-state index in [0.29, 0.717) is 0 Å². The van der Waals surface area contributed by atoms with Crippen LogP contribution >= 0.6 is 11.3 Å². The number of aryl methyl sites for hydroxylation is 4. The van der Waals surface area contributed by atoms with Gasteiger partial charge in [-0.3, -0.25) is 0 Å². The number of benzene rings is 2. The molecule has 0 aliphatic carbocycles. The number of aromatic nitrogens is 1. The average molecular weight is 397 g/mol. The van der Waals surface area contributed by atoms with Crippen molar-refractivity contribution in [3.63, 3.8) is 0 Å². The molecule has 0 N–H and O–H groups in total. The lowest BCUT2D eigenvalue weighted by molar-refractivity contribution is 0.581. The van der Waals surface area contributed by atoms with E-state index in [9.17, 15) is 0 Å². The van der Waals surface area contributed by atoms with E-state index >= 15 is 0 Å². The van der Waals surface area contributed by atoms with E-state index in [2.05, 4.69) is 50.2 Å². The molecule has 0 saturated carbocycles. The van der Waals surface area contributed by atoms with E-state index < -0.39 is 0 Å². The van der Waals surface area contributed by atoms with Gasteiger partial charge in [-0.2, -0.15) is 0 Å². The van der Waals surface area contributed by atoms with E-state index in [-0.39, 0.29) is 0 Å². The van der Waals surface area contributed by atoms with Gasteiger partial charge in [0.1, 0.15) is 22.6 Å². The Kier molecular flexibility index (Phi) is 3.31. The molecule has 4 heteroatoms. The van der Waals surface area contributed by atoms with Crippen molar-refractivity contribution in [3.8, 4) is 11.3 Å². The molecular formula is C25H19NO2S. The second-order valence-corrected chi connectivity index (χ2v) is 8.99. The molecule has 0 radical (unpaired) electrons. The summed E-state index contributed by atoms with van der Waals surface area (Å²) in [6.07, 6.45) is 0. The van der Waals surface area contributed by atoms with E-state index in [1.165, 1.54) is 20.5 Å². The SMILES string of the molecule is Cc1cc2c(-c3nc4cc(C)oc4c4c(C)c(C)sc34)cc3ccccc3c2o1. The van der Waals surface area contributed by atoms with Crippen molar-refractivity contribution in [3.05, 3.63) is 64.4 Å². The third-order valence-corrected chi connectivity index (χ3v) is 7.02. The van der Waals surface area contributed by atoms with Crippen LogP contribution in [-0.4, -0.2) is 4.98 Å². The second kappa shape index (κ2) is 5.71. The fraction of sp³-hybridized carbons (Fsp3) is 0.160. The lowest BCUT2D eigenvalue weighted by atomic mass is 9.99. The molecular weight excluding hydrogens is 378 g/mol. The highest BCUT2D eigenvalue weighted by Crippen LogP contribution is 2.44. The molecule has 0 atom stereocenters. The van der Waals surface area contributed by atoms with Crippen LogP contribution < -0.4 is 0 Å². The number of nitrogens with zero attached hydrogens (tertiary/aromatic N) is 1. The van der Waals surface area contributed by atoms with Crippen LogP contribution in [0.4, 0.5) is 0 Å². The lowest BCUT2D eigenvalue weighted by Gasteiger charge is -2.08. The molecule has 0 saturated heterocycles. The third kappa shape index (κ3) is 2.26. The standard InChI is InChI=1S/C25H19NO2S/c1-12-9-19-18(11-16-7-5-6-8-17(16)23(19)27-12)22-25-21(14(3)15(4)29-25)24-20(26-22)10-13(2)28-24/h5-11H,1-4H3. The zero-order valence-corrected chi connectivity index (χ0v) is 17.5. The molecule has 2 aromatic carbocycles. The van der Waals surface area contributed by atoms with Crippen molar-refractivity contribution in [2.75, 3.05) is 0 Å². The smallest absolute Gasteiger partial charge is 0.161 e. The third-order valence-electron chi connectivity index (χ3n) is 5.80. The number of thiophene rings is 1. The Balaban J connectivity index is 1.84. The maximum Gasteiger partial charge on any atom is 0.161 e. The van der Waals surface area contributed by atoms with Gasteiger partial charge in [0.2, 0.25) is 0 Å². The molecule has 0 bridgehead atoms. The molecule has 6 aromatic rings. The van der Waals surface area contributed by atoms with Gasteiger partial charge in [-0.05, 0) is 50.8 Å². The van der Waals surface area contributed by atoms with E-state index in [1.54, 1.807) is 11.3 Å². The first-order valence-electron chi connectivity index (χ1n) is 9.73. The second-order valence-electron chi connectivity index (χ2n) is 7.76. The van der Waals surface area contributed by atoms with E-state index in [4.69, 9.17) is 13.8 Å². The minimum Gasteiger partial charge on any atom is -0.461 e. The normalized spacial score (nSPS) is 12.1. The highest BCUT2D eigenvalue weighted by Gasteiger charge is 2.21. The summed E-state index contributed by atoms with van der Waals surface area (Å²) in [4.78, 5) is 6.39. The molecule has 142 valence electrons. The highest BCUT2D eigenvalue weighted by molar-refractivity contribution is 7.20. The average Bonchev–Trinajstić information content (AvgIpc) is 3.35. The van der Waals surface area contributed by atoms with Crippen LogP contribution in [-0.2, 0) is 0 Å². The number of hydrogen-bond acceptors (Lipinski definition) is 4. The number of pyridine rings is 1. The zero-order chi connectivity index (χ0) is 19.9. The first-order chi connectivity index (χ1) is 14.0. The van der Waals surface area contributed by atoms with E-state index in [1.807, 2.05) is 19.9 Å². The Labute approximate surface area is 171 Å². The van der Waals surface area contributed by atoms with Crippen molar-refractivity contribution in [1.29, 1.82) is 0 Å². The molecule has 0 aliphatic rings. The van der Waals surface area contributed by atoms with Crippen molar-refractivity contribution in [2.24, 2.45) is 0 Å². The van der Waals surface area contributed by atoms with Crippen LogP contribution in [0.15, 0.2) is 51.3 Å². The summed E-state index contributed by atoms with van der Waals surface area (Å²) in [6.45, 7) is 8.33. The Hall–Kier alpha value is -3.11. The molecule has 4 aromatic heterocycles. The molecule has 29 heavy (non-hydrogen) atoms. The predicted molar refractivity (Wildman–Crippen MR) is 121 cm³/mol. The van der Waals surface area contributed by atoms with Gasteiger partial charge < -0.3 is 8.83 Å². The molecule has 3 nitrogen and oxygen atoms in total. The molecule has 6 rings (SSSR count). The molecule has 0 aliphatic heterocycles. The van der Waals surface area contributed by atoms with Crippen molar-refractivity contribution >= 4 is 54.3 Å². The quantitative estimate of drug-likeness (QED) is 0.284. The highest BCUT2D eigenvalue weighted by atomic mass is 32.1. The molecule has 0 unspecified atom stereocenters. The van der Waals surface area contributed by atoms with Crippen LogP contribution in [0.1, 0.15) is 22.0 Å². The Morgan fingerprint density at radius 3 is 2.45 bits per heavy atom. The largest absolute Gasteiger partial charge is 0.461 e. The fourth-order valence-corrected chi connectivity index (χ4v) is 5.52. The topological polar surface area (TPSA) is 39.2 Å². The zero-order valence-electron chi connectivity index (χ0n) is 16.7. The van der Waals surface area contributed by atoms with Crippen LogP contribution in [0.5, 0.6) is 0 Å². The summed E-state index contributed by atoms with van der Waals surface area (Å²) in [5.41, 5.74) is 6.12. The Morgan fingerprint density at radius 1 is 0.828 bits per heavy atom. The van der Waals surface area contributed by atoms with Crippen LogP contribution in [0.3, 0.4) is 0 Å². The monoisotopic (exact) mass is 397 g/mol. The lowest BCUT2D eigenvalue weighted by Crippen LogP contribution is -1.88. The number of furan rings is 2. The first kappa shape index (κ1) is 16.8. The van der Waals surface area contributed by atoms with Gasteiger partial charge in [0.25, 0.3) is 0 Å². The summed E-state index contributed by atoms with van der Waals surface area (Å²) in [5, 5.41) is 4.59. The minimum absolute atomic E-state index is 0.886. The molecule has 0 spiro atoms.